The maximum atomic E-state index is 12.0. The molecule has 0 aliphatic heterocycles. The molecule has 0 rings (SSSR count). The van der Waals surface area contributed by atoms with Gasteiger partial charge >= 0.3 is 0 Å². The Balaban J connectivity index is 3.93. The molecular weight excluding hydrogens is 149 g/mol. The molecule has 10 heavy (non-hydrogen) atoms. The molecule has 0 N–H and O–H groups in total. The van der Waals surface area contributed by atoms with Crippen molar-refractivity contribution in [2.75, 3.05) is 6.67 Å². The standard InChI is InChI=1S/C5H5F3O2/c6-1-3(7)5(8)4(10)2-9/h2-3,5H,1H2. The molecule has 0 aliphatic rings. The summed E-state index contributed by atoms with van der Waals surface area (Å²) in [6, 6.07) is 0. The molecule has 0 saturated carbocycles. The van der Waals surface area contributed by atoms with Crippen LogP contribution in [0.15, 0.2) is 0 Å². The third kappa shape index (κ3) is 2.16. The van der Waals surface area contributed by atoms with Crippen molar-refractivity contribution in [3.63, 3.8) is 0 Å². The number of hydrogen-bond acceptors (Lipinski definition) is 2. The van der Waals surface area contributed by atoms with Crippen molar-refractivity contribution < 1.29 is 22.8 Å². The zero-order valence-electron chi connectivity index (χ0n) is 4.89. The summed E-state index contributed by atoms with van der Waals surface area (Å²) in [6.45, 7) is -1.60. The number of halogens is 3. The van der Waals surface area contributed by atoms with Crippen molar-refractivity contribution >= 4 is 12.1 Å². The van der Waals surface area contributed by atoms with Gasteiger partial charge in [0.2, 0.25) is 5.78 Å². The first kappa shape index (κ1) is 9.13. The number of Topliss-reactive ketones (excluding diaryl/α,β-unsaturated/α-hetero) is 1. The van der Waals surface area contributed by atoms with Gasteiger partial charge in [0.15, 0.2) is 18.6 Å². The van der Waals surface area contributed by atoms with Crippen LogP contribution >= 0.6 is 0 Å². The average Bonchev–Trinajstić information content (AvgIpc) is 2.00. The molecule has 0 aromatic carbocycles. The molecule has 0 aliphatic carbocycles. The Morgan fingerprint density at radius 3 is 2.30 bits per heavy atom. The number of aldehydes is 1. The fraction of sp³-hybridized carbons (Fsp3) is 0.600. The second-order valence-corrected chi connectivity index (χ2v) is 1.59. The highest BCUT2D eigenvalue weighted by Crippen LogP contribution is 2.04. The molecule has 58 valence electrons. The van der Waals surface area contributed by atoms with E-state index in [0.29, 0.717) is 0 Å². The topological polar surface area (TPSA) is 34.1 Å². The highest BCUT2D eigenvalue weighted by Gasteiger charge is 2.27. The molecule has 2 nitrogen and oxygen atoms in total. The summed E-state index contributed by atoms with van der Waals surface area (Å²) in [7, 11) is 0. The average molecular weight is 154 g/mol. The second-order valence-electron chi connectivity index (χ2n) is 1.59. The van der Waals surface area contributed by atoms with Crippen LogP contribution in [-0.4, -0.2) is 31.1 Å². The van der Waals surface area contributed by atoms with Gasteiger partial charge in [-0.3, -0.25) is 9.59 Å². The minimum Gasteiger partial charge on any atom is -0.294 e. The monoisotopic (exact) mass is 154 g/mol. The summed E-state index contributed by atoms with van der Waals surface area (Å²) in [4.78, 5) is 19.5. The molecule has 0 heterocycles. The van der Waals surface area contributed by atoms with Crippen LogP contribution in [0.25, 0.3) is 0 Å². The molecule has 0 saturated heterocycles. The van der Waals surface area contributed by atoms with Crippen molar-refractivity contribution in [1.29, 1.82) is 0 Å². The Labute approximate surface area is 55.0 Å². The first-order valence-electron chi connectivity index (χ1n) is 2.46. The largest absolute Gasteiger partial charge is 0.294 e. The minimum atomic E-state index is -2.65. The summed E-state index contributed by atoms with van der Waals surface area (Å²) < 4.78 is 35.1. The van der Waals surface area contributed by atoms with E-state index in [-0.39, 0.29) is 6.29 Å². The van der Waals surface area contributed by atoms with E-state index < -0.39 is 24.8 Å². The SMILES string of the molecule is O=CC(=O)C(F)C(F)CF. The number of ketones is 1. The predicted octanol–water partition coefficient (Wildman–Crippen LogP) is 0.400. The van der Waals surface area contributed by atoms with Crippen LogP contribution in [0.2, 0.25) is 0 Å². The third-order valence-corrected chi connectivity index (χ3v) is 0.853. The van der Waals surface area contributed by atoms with Gasteiger partial charge in [0.25, 0.3) is 0 Å². The molecular formula is C5H5F3O2. The van der Waals surface area contributed by atoms with Crippen LogP contribution in [0.1, 0.15) is 0 Å². The molecule has 0 amide bonds. The van der Waals surface area contributed by atoms with Crippen LogP contribution in [0.4, 0.5) is 13.2 Å². The highest BCUT2D eigenvalue weighted by atomic mass is 19.2. The van der Waals surface area contributed by atoms with Crippen LogP contribution in [0, 0.1) is 0 Å². The molecule has 2 unspecified atom stereocenters. The molecule has 2 atom stereocenters. The van der Waals surface area contributed by atoms with Crippen LogP contribution in [0.3, 0.4) is 0 Å². The van der Waals surface area contributed by atoms with Crippen molar-refractivity contribution in [2.24, 2.45) is 0 Å². The number of carbonyl (C=O) groups is 2. The molecule has 0 aromatic rings. The van der Waals surface area contributed by atoms with Gasteiger partial charge in [-0.2, -0.15) is 0 Å². The minimum absolute atomic E-state index is 0.368. The van der Waals surface area contributed by atoms with Gasteiger partial charge in [-0.25, -0.2) is 13.2 Å². The van der Waals surface area contributed by atoms with Gasteiger partial charge in [-0.1, -0.05) is 0 Å². The van der Waals surface area contributed by atoms with Crippen molar-refractivity contribution in [2.45, 2.75) is 12.3 Å². The van der Waals surface area contributed by atoms with Crippen LogP contribution in [0.5, 0.6) is 0 Å². The summed E-state index contributed by atoms with van der Waals surface area (Å²) >= 11 is 0. The van der Waals surface area contributed by atoms with Crippen molar-refractivity contribution in [3.8, 4) is 0 Å². The van der Waals surface area contributed by atoms with Gasteiger partial charge in [-0.05, 0) is 0 Å². The molecule has 0 fully saturated rings. The quantitative estimate of drug-likeness (QED) is 0.434. The molecule has 0 spiro atoms. The lowest BCUT2D eigenvalue weighted by atomic mass is 10.2. The number of hydrogen-bond donors (Lipinski definition) is 0. The van der Waals surface area contributed by atoms with Gasteiger partial charge in [0.1, 0.15) is 6.67 Å². The van der Waals surface area contributed by atoms with E-state index in [9.17, 15) is 22.8 Å². The van der Waals surface area contributed by atoms with E-state index in [1.807, 2.05) is 0 Å². The predicted molar refractivity (Wildman–Crippen MR) is 26.8 cm³/mol. The Hall–Kier alpha value is -0.870. The molecule has 0 radical (unpaired) electrons. The van der Waals surface area contributed by atoms with Crippen LogP contribution in [-0.2, 0) is 9.59 Å². The van der Waals surface area contributed by atoms with E-state index in [0.717, 1.165) is 0 Å². The van der Waals surface area contributed by atoms with Crippen molar-refractivity contribution in [3.05, 3.63) is 0 Å². The molecule has 0 aromatic heterocycles. The van der Waals surface area contributed by atoms with E-state index in [1.165, 1.54) is 0 Å². The highest BCUT2D eigenvalue weighted by molar-refractivity contribution is 6.27. The second kappa shape index (κ2) is 4.03. The Morgan fingerprint density at radius 2 is 2.00 bits per heavy atom. The lowest BCUT2D eigenvalue weighted by molar-refractivity contribution is -0.135. The van der Waals surface area contributed by atoms with E-state index in [4.69, 9.17) is 0 Å². The summed E-state index contributed by atoms with van der Waals surface area (Å²) in [5, 5.41) is 0. The Kier molecular flexibility index (Phi) is 3.68. The van der Waals surface area contributed by atoms with E-state index in [2.05, 4.69) is 0 Å². The van der Waals surface area contributed by atoms with Crippen molar-refractivity contribution in [1.82, 2.24) is 0 Å². The maximum Gasteiger partial charge on any atom is 0.232 e. The summed E-state index contributed by atoms with van der Waals surface area (Å²) in [5.74, 6) is -1.56. The Morgan fingerprint density at radius 1 is 1.50 bits per heavy atom. The lowest BCUT2D eigenvalue weighted by Gasteiger charge is -2.03. The van der Waals surface area contributed by atoms with E-state index >= 15 is 0 Å². The summed E-state index contributed by atoms with van der Waals surface area (Å²) in [5.41, 5.74) is 0. The smallest absolute Gasteiger partial charge is 0.232 e. The first-order valence-corrected chi connectivity index (χ1v) is 2.46. The first-order chi connectivity index (χ1) is 4.63. The summed E-state index contributed by atoms with van der Waals surface area (Å²) in [6.07, 6.45) is -5.53. The fourth-order valence-electron chi connectivity index (χ4n) is 0.321. The molecule has 0 bridgehead atoms. The lowest BCUT2D eigenvalue weighted by Crippen LogP contribution is -2.29. The number of carbonyl (C=O) groups excluding carboxylic acids is 2. The van der Waals surface area contributed by atoms with Crippen LogP contribution < -0.4 is 0 Å². The zero-order valence-corrected chi connectivity index (χ0v) is 4.89. The van der Waals surface area contributed by atoms with E-state index in [1.54, 1.807) is 0 Å². The fourth-order valence-corrected chi connectivity index (χ4v) is 0.321. The van der Waals surface area contributed by atoms with Gasteiger partial charge in [0.05, 0.1) is 0 Å². The Bertz CT molecular complexity index is 137. The molecule has 5 heteroatoms. The van der Waals surface area contributed by atoms with Gasteiger partial charge in [0, 0.05) is 0 Å². The third-order valence-electron chi connectivity index (χ3n) is 0.853. The number of rotatable bonds is 4. The zero-order chi connectivity index (χ0) is 8.15. The normalized spacial score (nSPS) is 15.9. The van der Waals surface area contributed by atoms with Gasteiger partial charge < -0.3 is 0 Å². The maximum absolute atomic E-state index is 12.0. The van der Waals surface area contributed by atoms with Gasteiger partial charge in [-0.15, -0.1) is 0 Å². The number of alkyl halides is 3.